The molecule has 1 unspecified atom stereocenters. The fraction of sp³-hybridized carbons (Fsp3) is 0.360. The van der Waals surface area contributed by atoms with Gasteiger partial charge in [-0.2, -0.15) is 0 Å². The second kappa shape index (κ2) is 10.2. The zero-order chi connectivity index (χ0) is 24.4. The number of fused-ring (bicyclic) bond motifs is 1. The zero-order valence-electron chi connectivity index (χ0n) is 19.4. The van der Waals surface area contributed by atoms with Gasteiger partial charge in [0.2, 0.25) is 6.79 Å². The molecule has 0 aliphatic carbocycles. The first-order valence-electron chi connectivity index (χ1n) is 11.5. The molecule has 3 aliphatic rings. The normalized spacial score (nSPS) is 20.4. The number of nitrogens with one attached hydrogen (secondary N) is 2. The molecule has 0 radical (unpaired) electrons. The number of ether oxygens (including phenoxy) is 3. The third-order valence-corrected chi connectivity index (χ3v) is 6.67. The van der Waals surface area contributed by atoms with E-state index in [1.165, 1.54) is 12.7 Å². The van der Waals surface area contributed by atoms with Crippen molar-refractivity contribution in [1.82, 2.24) is 20.4 Å². The molecule has 0 bridgehead atoms. The maximum absolute atomic E-state index is 12.8. The number of hydrogen-bond donors (Lipinski definition) is 2. The molecule has 10 heteroatoms. The van der Waals surface area contributed by atoms with Crippen molar-refractivity contribution in [2.45, 2.75) is 12.6 Å². The van der Waals surface area contributed by atoms with Gasteiger partial charge in [-0.25, -0.2) is 9.59 Å². The Morgan fingerprint density at radius 2 is 1.80 bits per heavy atom. The lowest BCUT2D eigenvalue weighted by molar-refractivity contribution is -0.136. The predicted octanol–water partition coefficient (Wildman–Crippen LogP) is 2.67. The lowest BCUT2D eigenvalue weighted by Crippen LogP contribution is -2.51. The molecule has 1 fully saturated rings. The Morgan fingerprint density at radius 1 is 1.06 bits per heavy atom. The van der Waals surface area contributed by atoms with Crippen molar-refractivity contribution in [2.24, 2.45) is 0 Å². The fourth-order valence-electron chi connectivity index (χ4n) is 4.66. The van der Waals surface area contributed by atoms with E-state index in [1.54, 1.807) is 18.2 Å². The number of hydrogen-bond acceptors (Lipinski definition) is 7. The van der Waals surface area contributed by atoms with Crippen molar-refractivity contribution in [2.75, 3.05) is 46.6 Å². The first-order valence-corrected chi connectivity index (χ1v) is 11.9. The Kier molecular flexibility index (Phi) is 6.81. The summed E-state index contributed by atoms with van der Waals surface area (Å²) < 4.78 is 16.0. The third kappa shape index (κ3) is 5.22. The maximum atomic E-state index is 12.8. The van der Waals surface area contributed by atoms with E-state index >= 15 is 0 Å². The van der Waals surface area contributed by atoms with E-state index in [4.69, 9.17) is 25.8 Å². The topological polar surface area (TPSA) is 92.4 Å². The van der Waals surface area contributed by atoms with Crippen molar-refractivity contribution in [3.05, 3.63) is 69.9 Å². The fourth-order valence-corrected chi connectivity index (χ4v) is 4.86. The molecular weight excluding hydrogens is 472 g/mol. The lowest BCUT2D eigenvalue weighted by atomic mass is 9.95. The molecule has 0 spiro atoms. The molecule has 0 aromatic heterocycles. The minimum absolute atomic E-state index is 0.269. The van der Waals surface area contributed by atoms with E-state index in [0.29, 0.717) is 22.8 Å². The molecule has 1 atom stereocenters. The van der Waals surface area contributed by atoms with Crippen LogP contribution in [0.1, 0.15) is 17.2 Å². The van der Waals surface area contributed by atoms with Gasteiger partial charge in [0, 0.05) is 50.0 Å². The van der Waals surface area contributed by atoms with Crippen LogP contribution in [-0.2, 0) is 16.1 Å². The van der Waals surface area contributed by atoms with Crippen LogP contribution in [0.4, 0.5) is 4.79 Å². The Morgan fingerprint density at radius 3 is 2.54 bits per heavy atom. The summed E-state index contributed by atoms with van der Waals surface area (Å²) in [6.45, 7) is 4.84. The molecular formula is C25H27ClN4O5. The second-order valence-corrected chi connectivity index (χ2v) is 9.15. The lowest BCUT2D eigenvalue weighted by Gasteiger charge is -2.37. The monoisotopic (exact) mass is 498 g/mol. The number of amides is 2. The van der Waals surface area contributed by atoms with Gasteiger partial charge in [-0.3, -0.25) is 9.80 Å². The Bertz CT molecular complexity index is 1160. The highest BCUT2D eigenvalue weighted by molar-refractivity contribution is 6.30. The van der Waals surface area contributed by atoms with Crippen molar-refractivity contribution in [1.29, 1.82) is 0 Å². The van der Waals surface area contributed by atoms with Gasteiger partial charge in [0.15, 0.2) is 11.5 Å². The van der Waals surface area contributed by atoms with Crippen LogP contribution in [-0.4, -0.2) is 68.4 Å². The van der Waals surface area contributed by atoms with Gasteiger partial charge in [-0.15, -0.1) is 0 Å². The van der Waals surface area contributed by atoms with Crippen LogP contribution in [0.25, 0.3) is 0 Å². The third-order valence-electron chi connectivity index (χ3n) is 6.43. The van der Waals surface area contributed by atoms with Crippen LogP contribution < -0.4 is 20.1 Å². The summed E-state index contributed by atoms with van der Waals surface area (Å²) in [5, 5.41) is 6.19. The summed E-state index contributed by atoms with van der Waals surface area (Å²) in [7, 11) is 1.34. The molecule has 184 valence electrons. The molecule has 2 aromatic carbocycles. The molecule has 2 aromatic rings. The number of methoxy groups -OCH3 is 1. The van der Waals surface area contributed by atoms with Crippen molar-refractivity contribution >= 4 is 23.6 Å². The van der Waals surface area contributed by atoms with Gasteiger partial charge in [0.25, 0.3) is 0 Å². The average molecular weight is 499 g/mol. The van der Waals surface area contributed by atoms with Gasteiger partial charge in [-0.1, -0.05) is 29.8 Å². The van der Waals surface area contributed by atoms with Crippen molar-refractivity contribution in [3.8, 4) is 11.5 Å². The van der Waals surface area contributed by atoms with Crippen molar-refractivity contribution in [3.63, 3.8) is 0 Å². The number of halogens is 1. The highest BCUT2D eigenvalue weighted by Crippen LogP contribution is 2.33. The van der Waals surface area contributed by atoms with Gasteiger partial charge >= 0.3 is 12.0 Å². The minimum Gasteiger partial charge on any atom is -0.466 e. The number of benzene rings is 2. The first kappa shape index (κ1) is 23.5. The molecule has 9 nitrogen and oxygen atoms in total. The predicted molar refractivity (Wildman–Crippen MR) is 129 cm³/mol. The standard InChI is InChI=1S/C25H27ClN4O5/c1-33-24(31)22-19(27-25(32)28-23(22)17-3-2-4-18(26)12-17)14-30-9-7-29(8-10-30)13-16-5-6-20-21(11-16)35-15-34-20/h2-6,11-12,23H,7-10,13-15H2,1H3,(H2,27,28,32). The summed E-state index contributed by atoms with van der Waals surface area (Å²) in [5.74, 6) is 1.09. The first-order chi connectivity index (χ1) is 17.0. The Balaban J connectivity index is 1.28. The van der Waals surface area contributed by atoms with Gasteiger partial charge in [0.05, 0.1) is 18.7 Å². The zero-order valence-corrected chi connectivity index (χ0v) is 20.1. The maximum Gasteiger partial charge on any atom is 0.338 e. The summed E-state index contributed by atoms with van der Waals surface area (Å²) in [6, 6.07) is 12.2. The summed E-state index contributed by atoms with van der Waals surface area (Å²) in [6.07, 6.45) is 0. The van der Waals surface area contributed by atoms with Crippen LogP contribution in [0, 0.1) is 0 Å². The van der Waals surface area contributed by atoms with Crippen LogP contribution >= 0.6 is 11.6 Å². The number of carbonyl (C=O) groups is 2. The van der Waals surface area contributed by atoms with Gasteiger partial charge in [0.1, 0.15) is 0 Å². The van der Waals surface area contributed by atoms with E-state index in [9.17, 15) is 9.59 Å². The smallest absolute Gasteiger partial charge is 0.338 e. The minimum atomic E-state index is -0.641. The van der Waals surface area contributed by atoms with Gasteiger partial charge in [-0.05, 0) is 35.4 Å². The second-order valence-electron chi connectivity index (χ2n) is 8.71. The largest absolute Gasteiger partial charge is 0.466 e. The quantitative estimate of drug-likeness (QED) is 0.591. The molecule has 0 saturated carbocycles. The van der Waals surface area contributed by atoms with Crippen LogP contribution in [0.3, 0.4) is 0 Å². The molecule has 35 heavy (non-hydrogen) atoms. The van der Waals surface area contributed by atoms with Gasteiger partial charge < -0.3 is 24.8 Å². The summed E-state index contributed by atoms with van der Waals surface area (Å²) >= 11 is 6.17. The number of rotatable bonds is 6. The van der Waals surface area contributed by atoms with E-state index in [1.807, 2.05) is 18.2 Å². The molecule has 5 rings (SSSR count). The Hall–Kier alpha value is -3.27. The van der Waals surface area contributed by atoms with E-state index < -0.39 is 12.0 Å². The van der Waals surface area contributed by atoms with Crippen LogP contribution in [0.2, 0.25) is 5.02 Å². The SMILES string of the molecule is COC(=O)C1=C(CN2CCN(Cc3ccc4c(c3)OCO4)CC2)NC(=O)NC1c1cccc(Cl)c1. The molecule has 2 amide bonds. The van der Waals surface area contributed by atoms with E-state index in [-0.39, 0.29) is 12.8 Å². The Labute approximate surface area is 208 Å². The highest BCUT2D eigenvalue weighted by Gasteiger charge is 2.34. The molecule has 3 aliphatic heterocycles. The molecule has 2 N–H and O–H groups in total. The van der Waals surface area contributed by atoms with E-state index in [2.05, 4.69) is 26.5 Å². The summed E-state index contributed by atoms with van der Waals surface area (Å²) in [4.78, 5) is 29.9. The van der Waals surface area contributed by atoms with Crippen molar-refractivity contribution < 1.29 is 23.8 Å². The number of urea groups is 1. The van der Waals surface area contributed by atoms with E-state index in [0.717, 1.165) is 49.8 Å². The highest BCUT2D eigenvalue weighted by atomic mass is 35.5. The number of nitrogens with zero attached hydrogens (tertiary/aromatic N) is 2. The number of carbonyl (C=O) groups excluding carboxylic acids is 2. The average Bonchev–Trinajstić information content (AvgIpc) is 3.32. The number of piperazine rings is 1. The van der Waals surface area contributed by atoms with Crippen LogP contribution in [0.15, 0.2) is 53.7 Å². The van der Waals surface area contributed by atoms with Crippen LogP contribution in [0.5, 0.6) is 11.5 Å². The summed E-state index contributed by atoms with van der Waals surface area (Å²) in [5.41, 5.74) is 2.83. The number of esters is 1. The molecule has 3 heterocycles. The molecule has 1 saturated heterocycles.